The lowest BCUT2D eigenvalue weighted by molar-refractivity contribution is -0.118. The predicted molar refractivity (Wildman–Crippen MR) is 69.2 cm³/mol. The number of ether oxygens (including phenoxy) is 1. The zero-order valence-electron chi connectivity index (χ0n) is 10.7. The van der Waals surface area contributed by atoms with Gasteiger partial charge in [-0.3, -0.25) is 9.59 Å². The highest BCUT2D eigenvalue weighted by atomic mass is 16.5. The highest BCUT2D eigenvalue weighted by molar-refractivity contribution is 6.09. The van der Waals surface area contributed by atoms with Gasteiger partial charge in [-0.15, -0.1) is 0 Å². The summed E-state index contributed by atoms with van der Waals surface area (Å²) in [6.45, 7) is 2.46. The van der Waals surface area contributed by atoms with Crippen LogP contribution in [0, 0.1) is 0 Å². The van der Waals surface area contributed by atoms with E-state index in [9.17, 15) is 9.59 Å². The number of carbonyl (C=O) groups excluding carboxylic acids is 2. The molecule has 1 aromatic carbocycles. The first-order chi connectivity index (χ1) is 8.67. The van der Waals surface area contributed by atoms with Gasteiger partial charge in [0, 0.05) is 24.9 Å². The first-order valence-corrected chi connectivity index (χ1v) is 6.19. The molecule has 0 N–H and O–H groups in total. The molecule has 0 saturated carbocycles. The summed E-state index contributed by atoms with van der Waals surface area (Å²) in [5, 5.41) is 0. The molecule has 0 unspecified atom stereocenters. The third-order valence-electron chi connectivity index (χ3n) is 3.12. The Morgan fingerprint density at radius 3 is 2.89 bits per heavy atom. The van der Waals surface area contributed by atoms with Crippen LogP contribution < -0.4 is 9.64 Å². The van der Waals surface area contributed by atoms with Gasteiger partial charge in [0.05, 0.1) is 12.8 Å². The van der Waals surface area contributed by atoms with Gasteiger partial charge in [-0.25, -0.2) is 0 Å². The van der Waals surface area contributed by atoms with Crippen LogP contribution in [-0.2, 0) is 4.79 Å². The quantitative estimate of drug-likeness (QED) is 0.824. The molecule has 96 valence electrons. The van der Waals surface area contributed by atoms with E-state index in [1.54, 1.807) is 30.2 Å². The molecule has 18 heavy (non-hydrogen) atoms. The maximum Gasteiger partial charge on any atom is 0.226 e. The summed E-state index contributed by atoms with van der Waals surface area (Å²) < 4.78 is 5.12. The van der Waals surface area contributed by atoms with E-state index in [1.807, 2.05) is 6.92 Å². The Kier molecular flexibility index (Phi) is 3.65. The molecule has 0 fully saturated rings. The number of anilines is 1. The lowest BCUT2D eigenvalue weighted by atomic mass is 9.99. The second-order valence-corrected chi connectivity index (χ2v) is 4.35. The maximum atomic E-state index is 12.0. The summed E-state index contributed by atoms with van der Waals surface area (Å²) in [7, 11) is 1.56. The monoisotopic (exact) mass is 247 g/mol. The first-order valence-electron chi connectivity index (χ1n) is 6.19. The van der Waals surface area contributed by atoms with Gasteiger partial charge in [0.25, 0.3) is 0 Å². The summed E-state index contributed by atoms with van der Waals surface area (Å²) in [6.07, 6.45) is 1.71. The summed E-state index contributed by atoms with van der Waals surface area (Å²) in [4.78, 5) is 25.6. The Labute approximate surface area is 107 Å². The lowest BCUT2D eigenvalue weighted by Crippen LogP contribution is -2.37. The highest BCUT2D eigenvalue weighted by Gasteiger charge is 2.26. The molecule has 4 heteroatoms. The molecule has 0 atom stereocenters. The molecule has 4 nitrogen and oxygen atoms in total. The summed E-state index contributed by atoms with van der Waals surface area (Å²) in [5.74, 6) is 0.799. The standard InChI is InChI=1S/C14H17NO3/c1-3-4-14(17)15-8-7-13(16)11-9-10(18-2)5-6-12(11)15/h5-6,9H,3-4,7-8H2,1-2H3. The molecule has 1 aliphatic heterocycles. The van der Waals surface area contributed by atoms with Crippen molar-refractivity contribution in [3.8, 4) is 5.75 Å². The van der Waals surface area contributed by atoms with Gasteiger partial charge < -0.3 is 9.64 Å². The van der Waals surface area contributed by atoms with Gasteiger partial charge in [-0.05, 0) is 24.6 Å². The molecule has 0 saturated heterocycles. The van der Waals surface area contributed by atoms with Crippen LogP contribution in [0.1, 0.15) is 36.5 Å². The number of hydrogen-bond donors (Lipinski definition) is 0. The average Bonchev–Trinajstić information content (AvgIpc) is 2.39. The minimum atomic E-state index is 0.0736. The fourth-order valence-electron chi connectivity index (χ4n) is 2.18. The number of rotatable bonds is 3. The number of methoxy groups -OCH3 is 1. The van der Waals surface area contributed by atoms with Crippen LogP contribution in [0.2, 0.25) is 0 Å². The van der Waals surface area contributed by atoms with Crippen molar-refractivity contribution in [3.05, 3.63) is 23.8 Å². The van der Waals surface area contributed by atoms with Crippen LogP contribution in [0.5, 0.6) is 5.75 Å². The summed E-state index contributed by atoms with van der Waals surface area (Å²) in [6, 6.07) is 5.28. The van der Waals surface area contributed by atoms with Crippen molar-refractivity contribution in [1.82, 2.24) is 0 Å². The second-order valence-electron chi connectivity index (χ2n) is 4.35. The van der Waals surface area contributed by atoms with Gasteiger partial charge in [-0.1, -0.05) is 6.92 Å². The van der Waals surface area contributed by atoms with Crippen LogP contribution in [0.3, 0.4) is 0 Å². The van der Waals surface area contributed by atoms with E-state index in [4.69, 9.17) is 4.74 Å². The first kappa shape index (κ1) is 12.6. The average molecular weight is 247 g/mol. The number of fused-ring (bicyclic) bond motifs is 1. The Hall–Kier alpha value is -1.84. The molecular formula is C14H17NO3. The van der Waals surface area contributed by atoms with E-state index < -0.39 is 0 Å². The fourth-order valence-corrected chi connectivity index (χ4v) is 2.18. The fraction of sp³-hybridized carbons (Fsp3) is 0.429. The van der Waals surface area contributed by atoms with E-state index in [1.165, 1.54) is 0 Å². The number of nitrogens with zero attached hydrogens (tertiary/aromatic N) is 1. The maximum absolute atomic E-state index is 12.0. The molecule has 2 rings (SSSR count). The van der Waals surface area contributed by atoms with Crippen LogP contribution >= 0.6 is 0 Å². The molecule has 1 heterocycles. The normalized spacial score (nSPS) is 14.3. The van der Waals surface area contributed by atoms with Gasteiger partial charge in [-0.2, -0.15) is 0 Å². The zero-order valence-corrected chi connectivity index (χ0v) is 10.7. The van der Waals surface area contributed by atoms with E-state index in [0.29, 0.717) is 36.4 Å². The van der Waals surface area contributed by atoms with E-state index in [-0.39, 0.29) is 11.7 Å². The number of amides is 1. The topological polar surface area (TPSA) is 46.6 Å². The van der Waals surface area contributed by atoms with Crippen molar-refractivity contribution in [2.45, 2.75) is 26.2 Å². The lowest BCUT2D eigenvalue weighted by Gasteiger charge is -2.29. The number of Topliss-reactive ketones (excluding diaryl/α,β-unsaturated/α-hetero) is 1. The minimum Gasteiger partial charge on any atom is -0.497 e. The van der Waals surface area contributed by atoms with Crippen LogP contribution in [0.15, 0.2) is 18.2 Å². The molecule has 0 aromatic heterocycles. The number of hydrogen-bond acceptors (Lipinski definition) is 3. The second kappa shape index (κ2) is 5.21. The Bertz CT molecular complexity index is 482. The third kappa shape index (κ3) is 2.23. The van der Waals surface area contributed by atoms with Crippen molar-refractivity contribution >= 4 is 17.4 Å². The van der Waals surface area contributed by atoms with Gasteiger partial charge in [0.1, 0.15) is 5.75 Å². The van der Waals surface area contributed by atoms with Gasteiger partial charge in [0.15, 0.2) is 5.78 Å². The van der Waals surface area contributed by atoms with Crippen molar-refractivity contribution in [2.75, 3.05) is 18.6 Å². The number of carbonyl (C=O) groups is 2. The van der Waals surface area contributed by atoms with Crippen LogP contribution in [0.4, 0.5) is 5.69 Å². The third-order valence-corrected chi connectivity index (χ3v) is 3.12. The molecule has 1 amide bonds. The summed E-state index contributed by atoms with van der Waals surface area (Å²) in [5.41, 5.74) is 1.30. The van der Waals surface area contributed by atoms with Crippen LogP contribution in [0.25, 0.3) is 0 Å². The molecule has 0 radical (unpaired) electrons. The Morgan fingerprint density at radius 2 is 2.22 bits per heavy atom. The number of benzene rings is 1. The molecular weight excluding hydrogens is 230 g/mol. The largest absolute Gasteiger partial charge is 0.497 e. The SMILES string of the molecule is CCCC(=O)N1CCC(=O)c2cc(OC)ccc21. The van der Waals surface area contributed by atoms with Crippen molar-refractivity contribution in [2.24, 2.45) is 0 Å². The smallest absolute Gasteiger partial charge is 0.226 e. The van der Waals surface area contributed by atoms with E-state index in [0.717, 1.165) is 6.42 Å². The molecule has 0 bridgehead atoms. The van der Waals surface area contributed by atoms with Gasteiger partial charge in [0.2, 0.25) is 5.91 Å². The van der Waals surface area contributed by atoms with Crippen molar-refractivity contribution in [1.29, 1.82) is 0 Å². The minimum absolute atomic E-state index is 0.0736. The van der Waals surface area contributed by atoms with E-state index in [2.05, 4.69) is 0 Å². The Balaban J connectivity index is 2.38. The predicted octanol–water partition coefficient (Wildman–Crippen LogP) is 2.41. The Morgan fingerprint density at radius 1 is 1.44 bits per heavy atom. The van der Waals surface area contributed by atoms with Crippen molar-refractivity contribution in [3.63, 3.8) is 0 Å². The van der Waals surface area contributed by atoms with Crippen LogP contribution in [-0.4, -0.2) is 25.3 Å². The highest BCUT2D eigenvalue weighted by Crippen LogP contribution is 2.30. The van der Waals surface area contributed by atoms with E-state index >= 15 is 0 Å². The number of ketones is 1. The molecule has 0 spiro atoms. The molecule has 0 aliphatic carbocycles. The zero-order chi connectivity index (χ0) is 13.1. The summed E-state index contributed by atoms with van der Waals surface area (Å²) >= 11 is 0. The molecule has 1 aromatic rings. The molecule has 1 aliphatic rings. The van der Waals surface area contributed by atoms with Crippen molar-refractivity contribution < 1.29 is 14.3 Å². The van der Waals surface area contributed by atoms with Gasteiger partial charge >= 0.3 is 0 Å².